The van der Waals surface area contributed by atoms with Gasteiger partial charge in [0.25, 0.3) is 6.54 Å². The van der Waals surface area contributed by atoms with Crippen LogP contribution in [0.15, 0.2) is 0 Å². The van der Waals surface area contributed by atoms with Gasteiger partial charge in [-0.15, -0.1) is 5.01 Å². The summed E-state index contributed by atoms with van der Waals surface area (Å²) in [5, 5.41) is 48.8. The molecule has 0 saturated heterocycles. The maximum atomic E-state index is 10.5. The Morgan fingerprint density at radius 2 is 1.33 bits per heavy atom. The highest BCUT2D eigenvalue weighted by Gasteiger charge is 2.73. The van der Waals surface area contributed by atoms with E-state index < -0.39 is 45.3 Å². The van der Waals surface area contributed by atoms with Gasteiger partial charge in [-0.1, -0.05) is 0 Å². The molecule has 0 bridgehead atoms. The Morgan fingerprint density at radius 3 is 1.56 bits per heavy atom. The van der Waals surface area contributed by atoms with E-state index in [1.807, 2.05) is 0 Å². The maximum absolute atomic E-state index is 10.5. The highest BCUT2D eigenvalue weighted by Crippen LogP contribution is 2.14. The van der Waals surface area contributed by atoms with E-state index in [0.29, 0.717) is 0 Å². The monoisotopic (exact) mass is 269 g/mol. The number of aliphatic hydroxyl groups excluding tert-OH is 1. The van der Waals surface area contributed by atoms with Gasteiger partial charge in [0.1, 0.15) is 6.54 Å². The molecule has 14 heteroatoms. The summed E-state index contributed by atoms with van der Waals surface area (Å²) in [4.78, 5) is 36.3. The van der Waals surface area contributed by atoms with Crippen molar-refractivity contribution >= 4 is 0 Å². The van der Waals surface area contributed by atoms with Crippen LogP contribution in [0.3, 0.4) is 0 Å². The Bertz CT molecular complexity index is 345. The van der Waals surface area contributed by atoms with Crippen molar-refractivity contribution in [1.82, 2.24) is 5.01 Å². The highest BCUT2D eigenvalue weighted by molar-refractivity contribution is 4.58. The lowest BCUT2D eigenvalue weighted by Crippen LogP contribution is -2.61. The summed E-state index contributed by atoms with van der Waals surface area (Å²) in [6, 6.07) is 0. The summed E-state index contributed by atoms with van der Waals surface area (Å²) < 4.78 is 0. The SMILES string of the molecule is O=[N+]([O-])N(CCO)CC([N+](=O)[O-])([N+](=O)[O-])[N+](=O)[O-]. The molecule has 0 radical (unpaired) electrons. The average Bonchev–Trinajstić information content (AvgIpc) is 2.21. The normalized spacial score (nSPS) is 10.7. The molecular weight excluding hydrogens is 262 g/mol. The van der Waals surface area contributed by atoms with Crippen molar-refractivity contribution in [2.45, 2.75) is 5.79 Å². The van der Waals surface area contributed by atoms with E-state index in [-0.39, 0.29) is 5.01 Å². The molecule has 0 spiro atoms. The third-order valence-electron chi connectivity index (χ3n) is 1.86. The quantitative estimate of drug-likeness (QED) is 0.291. The zero-order chi connectivity index (χ0) is 14.5. The van der Waals surface area contributed by atoms with E-state index in [4.69, 9.17) is 5.11 Å². The van der Waals surface area contributed by atoms with E-state index in [2.05, 4.69) is 0 Å². The first-order valence-electron chi connectivity index (χ1n) is 4.13. The number of nitrogens with zero attached hydrogens (tertiary/aromatic N) is 5. The number of aliphatic hydroxyl groups is 1. The molecule has 0 rings (SSSR count). The number of nitro groups is 4. The van der Waals surface area contributed by atoms with Crippen LogP contribution >= 0.6 is 0 Å². The lowest BCUT2D eigenvalue weighted by Gasteiger charge is -2.14. The van der Waals surface area contributed by atoms with Gasteiger partial charge in [-0.05, 0) is 0 Å². The fourth-order valence-electron chi connectivity index (χ4n) is 0.952. The molecule has 0 fully saturated rings. The van der Waals surface area contributed by atoms with E-state index in [0.717, 1.165) is 0 Å². The minimum absolute atomic E-state index is 0.172. The van der Waals surface area contributed by atoms with Gasteiger partial charge in [-0.2, -0.15) is 0 Å². The van der Waals surface area contributed by atoms with Crippen molar-refractivity contribution in [3.05, 3.63) is 40.5 Å². The molecule has 0 atom stereocenters. The minimum atomic E-state index is -3.96. The predicted molar refractivity (Wildman–Crippen MR) is 49.4 cm³/mol. The molecule has 0 aromatic heterocycles. The van der Waals surface area contributed by atoms with Gasteiger partial charge in [0.2, 0.25) is 0 Å². The summed E-state index contributed by atoms with van der Waals surface area (Å²) in [5.41, 5.74) is 0. The molecule has 0 aliphatic rings. The standard InChI is InChI=1S/C4H7N5O9/c10-2-1-5(9(17)18)3-4(6(11)12,7(13)14)8(15)16/h10H,1-3H2. The highest BCUT2D eigenvalue weighted by atomic mass is 16.7. The fraction of sp³-hybridized carbons (Fsp3) is 1.00. The maximum Gasteiger partial charge on any atom is 0.723 e. The summed E-state index contributed by atoms with van der Waals surface area (Å²) in [7, 11) is 0. The third kappa shape index (κ3) is 2.73. The molecule has 0 saturated carbocycles. The molecule has 0 aromatic carbocycles. The van der Waals surface area contributed by atoms with Gasteiger partial charge in [0.05, 0.1) is 6.61 Å². The van der Waals surface area contributed by atoms with Crippen molar-refractivity contribution < 1.29 is 24.9 Å². The Balaban J connectivity index is 5.46. The van der Waals surface area contributed by atoms with Gasteiger partial charge in [-0.25, -0.2) is 10.1 Å². The first kappa shape index (κ1) is 15.4. The summed E-state index contributed by atoms with van der Waals surface area (Å²) in [6.45, 7) is -3.40. The zero-order valence-electron chi connectivity index (χ0n) is 8.57. The molecule has 14 nitrogen and oxygen atoms in total. The zero-order valence-corrected chi connectivity index (χ0v) is 8.57. The molecule has 0 unspecified atom stereocenters. The minimum Gasteiger partial charge on any atom is -0.394 e. The summed E-state index contributed by atoms with van der Waals surface area (Å²) >= 11 is 0. The van der Waals surface area contributed by atoms with E-state index >= 15 is 0 Å². The van der Waals surface area contributed by atoms with Gasteiger partial charge in [0, 0.05) is 0 Å². The second-order valence-electron chi connectivity index (χ2n) is 2.90. The van der Waals surface area contributed by atoms with Crippen LogP contribution in [-0.4, -0.2) is 55.4 Å². The Hall–Kier alpha value is -2.64. The summed E-state index contributed by atoms with van der Waals surface area (Å²) in [5.74, 6) is -3.96. The largest absolute Gasteiger partial charge is 0.723 e. The molecule has 0 aromatic rings. The molecule has 1 N–H and O–H groups in total. The van der Waals surface area contributed by atoms with Gasteiger partial charge in [-0.3, -0.25) is 30.3 Å². The Labute approximate surface area is 97.0 Å². The van der Waals surface area contributed by atoms with E-state index in [1.165, 1.54) is 0 Å². The third-order valence-corrected chi connectivity index (χ3v) is 1.86. The van der Waals surface area contributed by atoms with Crippen molar-refractivity contribution in [3.8, 4) is 0 Å². The van der Waals surface area contributed by atoms with Crippen molar-refractivity contribution in [2.24, 2.45) is 0 Å². The fourth-order valence-corrected chi connectivity index (χ4v) is 0.952. The van der Waals surface area contributed by atoms with Gasteiger partial charge >= 0.3 is 5.79 Å². The van der Waals surface area contributed by atoms with Crippen LogP contribution in [0.4, 0.5) is 0 Å². The lowest BCUT2D eigenvalue weighted by molar-refractivity contribution is -0.973. The van der Waals surface area contributed by atoms with Crippen molar-refractivity contribution in [2.75, 3.05) is 19.7 Å². The molecule has 0 aliphatic carbocycles. The van der Waals surface area contributed by atoms with Crippen LogP contribution in [0, 0.1) is 40.5 Å². The Kier molecular flexibility index (Phi) is 4.79. The second-order valence-corrected chi connectivity index (χ2v) is 2.90. The molecular formula is C4H7N5O9. The second kappa shape index (κ2) is 5.62. The van der Waals surface area contributed by atoms with Gasteiger partial charge < -0.3 is 5.11 Å². The van der Waals surface area contributed by atoms with Crippen molar-refractivity contribution in [1.29, 1.82) is 0 Å². The number of rotatable bonds is 8. The molecule has 102 valence electrons. The number of hydrogen-bond acceptors (Lipinski definition) is 9. The smallest absolute Gasteiger partial charge is 0.394 e. The summed E-state index contributed by atoms with van der Waals surface area (Å²) in [6.07, 6.45) is 0. The predicted octanol–water partition coefficient (Wildman–Crippen LogP) is -2.04. The average molecular weight is 269 g/mol. The molecule has 0 aliphatic heterocycles. The van der Waals surface area contributed by atoms with Crippen LogP contribution in [-0.2, 0) is 0 Å². The Morgan fingerprint density at radius 1 is 0.944 bits per heavy atom. The van der Waals surface area contributed by atoms with E-state index in [1.54, 1.807) is 0 Å². The molecule has 0 heterocycles. The van der Waals surface area contributed by atoms with Crippen LogP contribution in [0.25, 0.3) is 0 Å². The van der Waals surface area contributed by atoms with Crippen LogP contribution < -0.4 is 0 Å². The number of hydrogen-bond donors (Lipinski definition) is 1. The van der Waals surface area contributed by atoms with Gasteiger partial charge in [0.15, 0.2) is 19.8 Å². The van der Waals surface area contributed by atoms with Crippen molar-refractivity contribution in [3.63, 3.8) is 0 Å². The number of hydrazine groups is 1. The molecule has 0 amide bonds. The van der Waals surface area contributed by atoms with Crippen LogP contribution in [0.5, 0.6) is 0 Å². The van der Waals surface area contributed by atoms with Crippen LogP contribution in [0.1, 0.15) is 0 Å². The molecule has 18 heavy (non-hydrogen) atoms. The topological polar surface area (TPSA) is 196 Å². The first-order valence-corrected chi connectivity index (χ1v) is 4.13. The first-order chi connectivity index (χ1) is 8.20. The van der Waals surface area contributed by atoms with Crippen LogP contribution in [0.2, 0.25) is 0 Å². The van der Waals surface area contributed by atoms with E-state index in [9.17, 15) is 40.5 Å². The lowest BCUT2D eigenvalue weighted by atomic mass is 10.3.